The third-order valence-electron chi connectivity index (χ3n) is 3.07. The molecule has 0 radical (unpaired) electrons. The zero-order valence-electron chi connectivity index (χ0n) is 11.1. The van der Waals surface area contributed by atoms with E-state index >= 15 is 0 Å². The fourth-order valence-corrected chi connectivity index (χ4v) is 1.92. The van der Waals surface area contributed by atoms with Crippen LogP contribution in [-0.2, 0) is 0 Å². The van der Waals surface area contributed by atoms with Crippen molar-refractivity contribution in [2.75, 3.05) is 0 Å². The first-order valence-corrected chi connectivity index (χ1v) is 6.38. The van der Waals surface area contributed by atoms with Crippen molar-refractivity contribution in [1.29, 1.82) is 5.26 Å². The van der Waals surface area contributed by atoms with Gasteiger partial charge < -0.3 is 10.5 Å². The summed E-state index contributed by atoms with van der Waals surface area (Å²) in [7, 11) is 0. The average Bonchev–Trinajstić information content (AvgIpc) is 2.47. The molecule has 0 amide bonds. The number of benzene rings is 2. The molecule has 0 aliphatic rings. The Hall–Kier alpha value is -2.38. The number of halogens is 1. The molecule has 102 valence electrons. The van der Waals surface area contributed by atoms with Crippen LogP contribution >= 0.6 is 0 Å². The van der Waals surface area contributed by atoms with Gasteiger partial charge >= 0.3 is 0 Å². The lowest BCUT2D eigenvalue weighted by Crippen LogP contribution is -2.10. The van der Waals surface area contributed by atoms with E-state index in [1.807, 2.05) is 31.2 Å². The van der Waals surface area contributed by atoms with Gasteiger partial charge in [0, 0.05) is 11.6 Å². The van der Waals surface area contributed by atoms with Gasteiger partial charge in [-0.25, -0.2) is 4.39 Å². The van der Waals surface area contributed by atoms with Crippen LogP contribution in [0.25, 0.3) is 0 Å². The zero-order valence-corrected chi connectivity index (χ0v) is 11.1. The number of nitriles is 1. The second-order valence-electron chi connectivity index (χ2n) is 4.38. The first kappa shape index (κ1) is 14.0. The van der Waals surface area contributed by atoms with E-state index in [-0.39, 0.29) is 17.4 Å². The standard InChI is InChI=1S/C16H15FN2O/c1-2-14(19)11-6-3-4-8-15(11)20-16-9-5-7-13(17)12(16)10-18/h3-9,14H,2,19H2,1H3/t14-/m0/s1. The summed E-state index contributed by atoms with van der Waals surface area (Å²) in [6, 6.07) is 13.3. The summed E-state index contributed by atoms with van der Waals surface area (Å²) in [6.07, 6.45) is 0.759. The van der Waals surface area contributed by atoms with Crippen LogP contribution in [0.15, 0.2) is 42.5 Å². The molecule has 1 atom stereocenters. The number of para-hydroxylation sites is 1. The number of hydrogen-bond donors (Lipinski definition) is 1. The molecule has 0 aliphatic carbocycles. The number of rotatable bonds is 4. The van der Waals surface area contributed by atoms with Crippen molar-refractivity contribution < 1.29 is 9.13 Å². The maximum absolute atomic E-state index is 13.6. The van der Waals surface area contributed by atoms with Gasteiger partial charge in [-0.05, 0) is 24.6 Å². The molecule has 0 spiro atoms. The van der Waals surface area contributed by atoms with Crippen molar-refractivity contribution in [2.45, 2.75) is 19.4 Å². The van der Waals surface area contributed by atoms with E-state index in [0.717, 1.165) is 12.0 Å². The summed E-state index contributed by atoms with van der Waals surface area (Å²) >= 11 is 0. The van der Waals surface area contributed by atoms with Gasteiger partial charge in [-0.3, -0.25) is 0 Å². The van der Waals surface area contributed by atoms with Crippen LogP contribution in [-0.4, -0.2) is 0 Å². The summed E-state index contributed by atoms with van der Waals surface area (Å²) < 4.78 is 19.2. The van der Waals surface area contributed by atoms with Gasteiger partial charge in [0.1, 0.15) is 28.9 Å². The van der Waals surface area contributed by atoms with Crippen LogP contribution in [0.3, 0.4) is 0 Å². The molecule has 0 saturated carbocycles. The molecular weight excluding hydrogens is 255 g/mol. The minimum Gasteiger partial charge on any atom is -0.456 e. The SMILES string of the molecule is CC[C@H](N)c1ccccc1Oc1cccc(F)c1C#N. The maximum atomic E-state index is 13.6. The van der Waals surface area contributed by atoms with Crippen molar-refractivity contribution in [2.24, 2.45) is 5.73 Å². The highest BCUT2D eigenvalue weighted by atomic mass is 19.1. The first-order chi connectivity index (χ1) is 9.67. The van der Waals surface area contributed by atoms with Gasteiger partial charge in [0.2, 0.25) is 0 Å². The minimum absolute atomic E-state index is 0.104. The molecule has 4 heteroatoms. The van der Waals surface area contributed by atoms with E-state index in [4.69, 9.17) is 15.7 Å². The second-order valence-corrected chi connectivity index (χ2v) is 4.38. The van der Waals surface area contributed by atoms with Gasteiger partial charge in [-0.1, -0.05) is 31.2 Å². The van der Waals surface area contributed by atoms with E-state index in [1.165, 1.54) is 12.1 Å². The molecular formula is C16H15FN2O. The summed E-state index contributed by atoms with van der Waals surface area (Å²) in [5, 5.41) is 9.01. The van der Waals surface area contributed by atoms with E-state index in [1.54, 1.807) is 12.1 Å². The van der Waals surface area contributed by atoms with E-state index in [9.17, 15) is 4.39 Å². The highest BCUT2D eigenvalue weighted by Gasteiger charge is 2.14. The molecule has 0 heterocycles. The predicted octanol–water partition coefficient (Wildman–Crippen LogP) is 3.90. The first-order valence-electron chi connectivity index (χ1n) is 6.38. The molecule has 0 aliphatic heterocycles. The van der Waals surface area contributed by atoms with Crippen molar-refractivity contribution in [3.05, 3.63) is 59.4 Å². The molecule has 2 aromatic carbocycles. The molecule has 20 heavy (non-hydrogen) atoms. The summed E-state index contributed by atoms with van der Waals surface area (Å²) in [4.78, 5) is 0. The molecule has 0 aromatic heterocycles. The summed E-state index contributed by atoms with van der Waals surface area (Å²) in [5.41, 5.74) is 6.76. The number of ether oxygens (including phenoxy) is 1. The molecule has 0 unspecified atom stereocenters. The Kier molecular flexibility index (Phi) is 4.34. The topological polar surface area (TPSA) is 59.0 Å². The number of nitrogens with zero attached hydrogens (tertiary/aromatic N) is 1. The molecule has 2 N–H and O–H groups in total. The largest absolute Gasteiger partial charge is 0.456 e. The summed E-state index contributed by atoms with van der Waals surface area (Å²) in [6.45, 7) is 1.98. The normalized spacial score (nSPS) is 11.7. The third kappa shape index (κ3) is 2.79. The Morgan fingerprint density at radius 1 is 1.20 bits per heavy atom. The molecule has 0 bridgehead atoms. The summed E-state index contributed by atoms with van der Waals surface area (Å²) in [5.74, 6) is 0.148. The Labute approximate surface area is 117 Å². The number of nitrogens with two attached hydrogens (primary N) is 1. The monoisotopic (exact) mass is 270 g/mol. The van der Waals surface area contributed by atoms with Crippen LogP contribution in [0.4, 0.5) is 4.39 Å². The third-order valence-corrected chi connectivity index (χ3v) is 3.07. The van der Waals surface area contributed by atoms with Crippen molar-refractivity contribution in [1.82, 2.24) is 0 Å². The minimum atomic E-state index is -0.595. The molecule has 0 saturated heterocycles. The lowest BCUT2D eigenvalue weighted by molar-refractivity contribution is 0.462. The van der Waals surface area contributed by atoms with Gasteiger partial charge in [-0.15, -0.1) is 0 Å². The van der Waals surface area contributed by atoms with Crippen molar-refractivity contribution in [3.8, 4) is 17.6 Å². The van der Waals surface area contributed by atoms with Crippen LogP contribution in [0.1, 0.15) is 30.5 Å². The van der Waals surface area contributed by atoms with Crippen LogP contribution in [0.5, 0.6) is 11.5 Å². The fourth-order valence-electron chi connectivity index (χ4n) is 1.92. The molecule has 2 aromatic rings. The molecule has 3 nitrogen and oxygen atoms in total. The van der Waals surface area contributed by atoms with Crippen LogP contribution in [0.2, 0.25) is 0 Å². The highest BCUT2D eigenvalue weighted by molar-refractivity contribution is 5.47. The van der Waals surface area contributed by atoms with Gasteiger partial charge in [-0.2, -0.15) is 5.26 Å². The average molecular weight is 270 g/mol. The van der Waals surface area contributed by atoms with E-state index in [0.29, 0.717) is 5.75 Å². The van der Waals surface area contributed by atoms with E-state index < -0.39 is 5.82 Å². The Bertz CT molecular complexity index is 649. The highest BCUT2D eigenvalue weighted by Crippen LogP contribution is 2.32. The Morgan fingerprint density at radius 2 is 1.90 bits per heavy atom. The Balaban J connectivity index is 2.41. The Morgan fingerprint density at radius 3 is 2.60 bits per heavy atom. The zero-order chi connectivity index (χ0) is 14.5. The smallest absolute Gasteiger partial charge is 0.148 e. The second kappa shape index (κ2) is 6.18. The van der Waals surface area contributed by atoms with Gasteiger partial charge in [0.15, 0.2) is 0 Å². The van der Waals surface area contributed by atoms with Crippen LogP contribution in [0, 0.1) is 17.1 Å². The lowest BCUT2D eigenvalue weighted by Gasteiger charge is -2.16. The van der Waals surface area contributed by atoms with Crippen molar-refractivity contribution in [3.63, 3.8) is 0 Å². The van der Waals surface area contributed by atoms with Gasteiger partial charge in [0.05, 0.1) is 0 Å². The molecule has 0 fully saturated rings. The quantitative estimate of drug-likeness (QED) is 0.916. The van der Waals surface area contributed by atoms with Gasteiger partial charge in [0.25, 0.3) is 0 Å². The predicted molar refractivity (Wildman–Crippen MR) is 74.9 cm³/mol. The van der Waals surface area contributed by atoms with Crippen LogP contribution < -0.4 is 10.5 Å². The molecule has 2 rings (SSSR count). The maximum Gasteiger partial charge on any atom is 0.148 e. The lowest BCUT2D eigenvalue weighted by atomic mass is 10.0. The van der Waals surface area contributed by atoms with Crippen molar-refractivity contribution >= 4 is 0 Å². The number of hydrogen-bond acceptors (Lipinski definition) is 3. The fraction of sp³-hybridized carbons (Fsp3) is 0.188. The van der Waals surface area contributed by atoms with E-state index in [2.05, 4.69) is 0 Å².